The highest BCUT2D eigenvalue weighted by molar-refractivity contribution is 5.87. The number of aryl methyl sites for hydroxylation is 1. The molecule has 0 amide bonds. The van der Waals surface area contributed by atoms with Gasteiger partial charge in [-0.05, 0) is 24.6 Å². The molecular weight excluding hydrogens is 209 g/mol. The third-order valence-electron chi connectivity index (χ3n) is 2.35. The molecule has 0 atom stereocenters. The minimum Gasteiger partial charge on any atom is -0.382 e. The van der Waals surface area contributed by atoms with E-state index in [0.29, 0.717) is 28.9 Å². The van der Waals surface area contributed by atoms with Gasteiger partial charge in [-0.25, -0.2) is 4.39 Å². The molecule has 0 saturated carbocycles. The molecule has 2 aromatic rings. The van der Waals surface area contributed by atoms with Crippen LogP contribution in [0.3, 0.4) is 0 Å². The summed E-state index contributed by atoms with van der Waals surface area (Å²) in [6.07, 6.45) is 0.606. The lowest BCUT2D eigenvalue weighted by atomic mass is 10.0. The van der Waals surface area contributed by atoms with Gasteiger partial charge in [0.15, 0.2) is 6.29 Å². The fourth-order valence-electron chi connectivity index (χ4n) is 1.50. The number of anilines is 1. The molecule has 0 spiro atoms. The lowest BCUT2D eigenvalue weighted by molar-refractivity contribution is 0.112. The average molecular weight is 219 g/mol. The van der Waals surface area contributed by atoms with Crippen molar-refractivity contribution in [1.82, 2.24) is 10.2 Å². The van der Waals surface area contributed by atoms with E-state index in [2.05, 4.69) is 10.2 Å². The predicted molar refractivity (Wildman–Crippen MR) is 58.5 cm³/mol. The normalized spacial score (nSPS) is 10.4. The van der Waals surface area contributed by atoms with Crippen molar-refractivity contribution in [2.75, 3.05) is 5.73 Å². The number of hydrogen-bond acceptors (Lipinski definition) is 3. The fraction of sp³-hybridized carbons (Fsp3) is 0.0909. The van der Waals surface area contributed by atoms with E-state index in [1.165, 1.54) is 6.07 Å². The summed E-state index contributed by atoms with van der Waals surface area (Å²) >= 11 is 0. The minimum absolute atomic E-state index is 0.270. The molecule has 16 heavy (non-hydrogen) atoms. The molecule has 0 aliphatic rings. The Labute approximate surface area is 91.3 Å². The summed E-state index contributed by atoms with van der Waals surface area (Å²) in [7, 11) is 0. The smallest absolute Gasteiger partial charge is 0.150 e. The number of nitrogens with two attached hydrogens (primary N) is 1. The van der Waals surface area contributed by atoms with Crippen LogP contribution in [0.2, 0.25) is 0 Å². The van der Waals surface area contributed by atoms with Crippen LogP contribution in [0.4, 0.5) is 10.2 Å². The Morgan fingerprint density at radius 1 is 1.44 bits per heavy atom. The number of aromatic nitrogens is 2. The fourth-order valence-corrected chi connectivity index (χ4v) is 1.50. The van der Waals surface area contributed by atoms with Gasteiger partial charge in [0.25, 0.3) is 0 Å². The number of H-pyrrole nitrogens is 1. The molecule has 0 bridgehead atoms. The van der Waals surface area contributed by atoms with E-state index in [9.17, 15) is 9.18 Å². The molecule has 1 aromatic heterocycles. The third-order valence-corrected chi connectivity index (χ3v) is 2.35. The quantitative estimate of drug-likeness (QED) is 0.758. The molecular formula is C11H10FN3O. The zero-order chi connectivity index (χ0) is 11.7. The van der Waals surface area contributed by atoms with E-state index in [0.717, 1.165) is 0 Å². The summed E-state index contributed by atoms with van der Waals surface area (Å²) in [5.41, 5.74) is 7.40. The SMILES string of the molecule is Cc1cc(-c2cc(N)n[nH]2)c(C=O)cc1F. The van der Waals surface area contributed by atoms with E-state index < -0.39 is 5.82 Å². The molecule has 3 N–H and O–H groups in total. The Morgan fingerprint density at radius 2 is 2.19 bits per heavy atom. The molecule has 2 rings (SSSR count). The van der Waals surface area contributed by atoms with Gasteiger partial charge >= 0.3 is 0 Å². The number of benzene rings is 1. The largest absolute Gasteiger partial charge is 0.382 e. The maximum atomic E-state index is 13.3. The van der Waals surface area contributed by atoms with Crippen molar-refractivity contribution < 1.29 is 9.18 Å². The van der Waals surface area contributed by atoms with Crippen molar-refractivity contribution in [3.63, 3.8) is 0 Å². The summed E-state index contributed by atoms with van der Waals surface area (Å²) in [5, 5.41) is 6.45. The molecule has 1 heterocycles. The molecule has 0 aliphatic carbocycles. The van der Waals surface area contributed by atoms with Crippen molar-refractivity contribution in [2.24, 2.45) is 0 Å². The first-order valence-corrected chi connectivity index (χ1v) is 4.68. The van der Waals surface area contributed by atoms with Gasteiger partial charge in [-0.3, -0.25) is 9.89 Å². The Morgan fingerprint density at radius 3 is 2.75 bits per heavy atom. The Balaban J connectivity index is 2.63. The van der Waals surface area contributed by atoms with Crippen LogP contribution < -0.4 is 5.73 Å². The van der Waals surface area contributed by atoms with Gasteiger partial charge in [-0.1, -0.05) is 0 Å². The van der Waals surface area contributed by atoms with Crippen molar-refractivity contribution in [3.8, 4) is 11.3 Å². The number of nitrogen functional groups attached to an aromatic ring is 1. The van der Waals surface area contributed by atoms with Crippen LogP contribution in [0.25, 0.3) is 11.3 Å². The molecule has 1 aromatic carbocycles. The molecule has 5 heteroatoms. The van der Waals surface area contributed by atoms with Gasteiger partial charge in [0, 0.05) is 17.2 Å². The number of nitrogens with zero attached hydrogens (tertiary/aromatic N) is 1. The van der Waals surface area contributed by atoms with Crippen molar-refractivity contribution in [3.05, 3.63) is 35.1 Å². The number of carbonyl (C=O) groups is 1. The van der Waals surface area contributed by atoms with Crippen LogP contribution in [0.1, 0.15) is 15.9 Å². The van der Waals surface area contributed by atoms with Crippen molar-refractivity contribution >= 4 is 12.1 Å². The lowest BCUT2D eigenvalue weighted by Crippen LogP contribution is -1.93. The van der Waals surface area contributed by atoms with Gasteiger partial charge < -0.3 is 5.73 Å². The van der Waals surface area contributed by atoms with E-state index in [-0.39, 0.29) is 5.56 Å². The molecule has 0 unspecified atom stereocenters. The standard InChI is InChI=1S/C11H10FN3O/c1-6-2-8(7(5-16)3-9(6)12)10-4-11(13)15-14-10/h2-5H,1H3,(H3,13,14,15). The first-order chi connectivity index (χ1) is 7.61. The second kappa shape index (κ2) is 3.77. The molecule has 0 aliphatic heterocycles. The number of aldehydes is 1. The number of nitrogens with one attached hydrogen (secondary N) is 1. The Kier molecular flexibility index (Phi) is 2.44. The van der Waals surface area contributed by atoms with Crippen LogP contribution in [-0.2, 0) is 0 Å². The van der Waals surface area contributed by atoms with Crippen molar-refractivity contribution in [1.29, 1.82) is 0 Å². The van der Waals surface area contributed by atoms with Crippen LogP contribution >= 0.6 is 0 Å². The van der Waals surface area contributed by atoms with Crippen molar-refractivity contribution in [2.45, 2.75) is 6.92 Å². The summed E-state index contributed by atoms with van der Waals surface area (Å²) < 4.78 is 13.3. The number of halogens is 1. The first kappa shape index (κ1) is 10.4. The van der Waals surface area contributed by atoms with Crippen LogP contribution in [0.15, 0.2) is 18.2 Å². The number of carbonyl (C=O) groups excluding carboxylic acids is 1. The predicted octanol–water partition coefficient (Wildman–Crippen LogP) is 1.92. The molecule has 82 valence electrons. The maximum absolute atomic E-state index is 13.3. The Hall–Kier alpha value is -2.17. The van der Waals surface area contributed by atoms with Gasteiger partial charge in [0.05, 0.1) is 5.69 Å². The molecule has 0 fully saturated rings. The summed E-state index contributed by atoms with van der Waals surface area (Å²) in [6, 6.07) is 4.39. The van der Waals surface area contributed by atoms with E-state index in [1.807, 2.05) is 0 Å². The van der Waals surface area contributed by atoms with Gasteiger partial charge in [0.1, 0.15) is 11.6 Å². The highest BCUT2D eigenvalue weighted by Gasteiger charge is 2.10. The summed E-state index contributed by atoms with van der Waals surface area (Å²) in [4.78, 5) is 10.8. The monoisotopic (exact) mass is 219 g/mol. The zero-order valence-corrected chi connectivity index (χ0v) is 8.62. The minimum atomic E-state index is -0.404. The highest BCUT2D eigenvalue weighted by atomic mass is 19.1. The second-order valence-corrected chi connectivity index (χ2v) is 3.51. The number of hydrogen-bond donors (Lipinski definition) is 2. The van der Waals surface area contributed by atoms with E-state index >= 15 is 0 Å². The summed E-state index contributed by atoms with van der Waals surface area (Å²) in [5.74, 6) is -0.0767. The van der Waals surface area contributed by atoms with E-state index in [4.69, 9.17) is 5.73 Å². The number of rotatable bonds is 2. The van der Waals surface area contributed by atoms with Crippen LogP contribution in [0, 0.1) is 12.7 Å². The van der Waals surface area contributed by atoms with Gasteiger partial charge in [-0.15, -0.1) is 0 Å². The molecule has 0 saturated heterocycles. The second-order valence-electron chi connectivity index (χ2n) is 3.51. The zero-order valence-electron chi connectivity index (χ0n) is 8.62. The van der Waals surface area contributed by atoms with Gasteiger partial charge in [0.2, 0.25) is 0 Å². The lowest BCUT2D eigenvalue weighted by Gasteiger charge is -2.04. The third kappa shape index (κ3) is 1.67. The molecule has 4 nitrogen and oxygen atoms in total. The summed E-state index contributed by atoms with van der Waals surface area (Å²) in [6.45, 7) is 1.63. The number of aromatic amines is 1. The van der Waals surface area contributed by atoms with Crippen LogP contribution in [-0.4, -0.2) is 16.5 Å². The first-order valence-electron chi connectivity index (χ1n) is 4.68. The van der Waals surface area contributed by atoms with Gasteiger partial charge in [-0.2, -0.15) is 5.10 Å². The molecule has 0 radical (unpaired) electrons. The highest BCUT2D eigenvalue weighted by Crippen LogP contribution is 2.24. The average Bonchev–Trinajstić information content (AvgIpc) is 2.68. The topological polar surface area (TPSA) is 71.8 Å². The Bertz CT molecular complexity index is 548. The maximum Gasteiger partial charge on any atom is 0.150 e. The van der Waals surface area contributed by atoms with E-state index in [1.54, 1.807) is 19.1 Å². The van der Waals surface area contributed by atoms with Crippen LogP contribution in [0.5, 0.6) is 0 Å².